The molecule has 0 radical (unpaired) electrons. The summed E-state index contributed by atoms with van der Waals surface area (Å²) in [6.45, 7) is 2.75. The first-order chi connectivity index (χ1) is 10.5. The third-order valence-electron chi connectivity index (χ3n) is 3.42. The van der Waals surface area contributed by atoms with Gasteiger partial charge in [-0.05, 0) is 38.3 Å². The SMILES string of the molecule is CC1CCCCN1C(=O)CSOP(=O)(O)Oc1ccccc1. The number of nitrogens with zero attached hydrogens (tertiary/aromatic N) is 1. The Morgan fingerprint density at radius 3 is 2.82 bits per heavy atom. The van der Waals surface area contributed by atoms with E-state index in [9.17, 15) is 14.3 Å². The first-order valence-corrected chi connectivity index (χ1v) is 9.57. The van der Waals surface area contributed by atoms with Crippen molar-refractivity contribution in [2.75, 3.05) is 12.3 Å². The predicted molar refractivity (Wildman–Crippen MR) is 85.5 cm³/mol. The lowest BCUT2D eigenvalue weighted by molar-refractivity contribution is -0.131. The maximum Gasteiger partial charge on any atom is 0.538 e. The van der Waals surface area contributed by atoms with E-state index in [-0.39, 0.29) is 23.5 Å². The second kappa shape index (κ2) is 8.02. The summed E-state index contributed by atoms with van der Waals surface area (Å²) in [7, 11) is -4.23. The van der Waals surface area contributed by atoms with Gasteiger partial charge in [0, 0.05) is 24.6 Å². The van der Waals surface area contributed by atoms with E-state index in [1.54, 1.807) is 35.2 Å². The van der Waals surface area contributed by atoms with Crippen molar-refractivity contribution in [2.24, 2.45) is 0 Å². The Bertz CT molecular complexity index is 541. The number of phosphoric ester groups is 1. The van der Waals surface area contributed by atoms with Gasteiger partial charge in [0.2, 0.25) is 5.91 Å². The molecule has 22 heavy (non-hydrogen) atoms. The molecule has 0 bridgehead atoms. The molecule has 2 rings (SSSR count). The zero-order valence-electron chi connectivity index (χ0n) is 12.4. The minimum absolute atomic E-state index is 0.00691. The van der Waals surface area contributed by atoms with Crippen molar-refractivity contribution in [1.82, 2.24) is 4.90 Å². The minimum atomic E-state index is -4.23. The summed E-state index contributed by atoms with van der Waals surface area (Å²) < 4.78 is 21.5. The van der Waals surface area contributed by atoms with Crippen LogP contribution in [0.2, 0.25) is 0 Å². The Hall–Kier alpha value is -1.01. The van der Waals surface area contributed by atoms with Crippen LogP contribution in [-0.2, 0) is 13.3 Å². The number of para-hydroxylation sites is 1. The van der Waals surface area contributed by atoms with E-state index >= 15 is 0 Å². The van der Waals surface area contributed by atoms with E-state index in [4.69, 9.17) is 8.49 Å². The molecule has 0 aliphatic carbocycles. The molecule has 1 aromatic rings. The highest BCUT2D eigenvalue weighted by Crippen LogP contribution is 2.47. The van der Waals surface area contributed by atoms with Crippen LogP contribution in [0.15, 0.2) is 30.3 Å². The molecule has 1 aliphatic rings. The number of carbonyl (C=O) groups excluding carboxylic acids is 1. The van der Waals surface area contributed by atoms with E-state index < -0.39 is 7.82 Å². The fraction of sp³-hybridized carbons (Fsp3) is 0.500. The number of benzene rings is 1. The Balaban J connectivity index is 1.77. The van der Waals surface area contributed by atoms with Crippen LogP contribution in [0.4, 0.5) is 0 Å². The van der Waals surface area contributed by atoms with Gasteiger partial charge in [-0.25, -0.2) is 8.54 Å². The van der Waals surface area contributed by atoms with Gasteiger partial charge in [-0.3, -0.25) is 9.69 Å². The molecule has 1 N–H and O–H groups in total. The Labute approximate surface area is 134 Å². The molecule has 1 saturated heterocycles. The van der Waals surface area contributed by atoms with Crippen LogP contribution in [0.3, 0.4) is 0 Å². The Morgan fingerprint density at radius 2 is 2.14 bits per heavy atom. The molecular formula is C14H20NO5PS. The molecule has 2 atom stereocenters. The molecule has 6 nitrogen and oxygen atoms in total. The second-order valence-corrected chi connectivity index (χ2v) is 7.38. The van der Waals surface area contributed by atoms with E-state index in [1.807, 2.05) is 6.92 Å². The van der Waals surface area contributed by atoms with Crippen LogP contribution >= 0.6 is 19.9 Å². The van der Waals surface area contributed by atoms with E-state index in [1.165, 1.54) is 0 Å². The van der Waals surface area contributed by atoms with Gasteiger partial charge in [0.25, 0.3) is 0 Å². The maximum absolute atomic E-state index is 12.1. The fourth-order valence-corrected chi connectivity index (χ4v) is 3.84. The van der Waals surface area contributed by atoms with Crippen molar-refractivity contribution in [3.05, 3.63) is 30.3 Å². The van der Waals surface area contributed by atoms with Gasteiger partial charge in [0.1, 0.15) is 5.75 Å². The van der Waals surface area contributed by atoms with Gasteiger partial charge >= 0.3 is 7.82 Å². The smallest absolute Gasteiger partial charge is 0.404 e. The van der Waals surface area contributed by atoms with Gasteiger partial charge in [0.15, 0.2) is 0 Å². The van der Waals surface area contributed by atoms with Crippen LogP contribution in [0.1, 0.15) is 26.2 Å². The standard InChI is InChI=1S/C14H20NO5PS/c1-12-7-5-6-10-15(12)14(16)11-22-20-21(17,18)19-13-8-3-2-4-9-13/h2-4,8-9,12H,5-7,10-11H2,1H3,(H,17,18). The molecule has 0 saturated carbocycles. The first kappa shape index (κ1) is 17.3. The van der Waals surface area contributed by atoms with Gasteiger partial charge in [-0.15, -0.1) is 0 Å². The first-order valence-electron chi connectivity index (χ1n) is 7.16. The van der Waals surface area contributed by atoms with Gasteiger partial charge < -0.3 is 9.42 Å². The highest BCUT2D eigenvalue weighted by molar-refractivity contribution is 7.98. The molecule has 2 unspecified atom stereocenters. The lowest BCUT2D eigenvalue weighted by Gasteiger charge is -2.33. The minimum Gasteiger partial charge on any atom is -0.404 e. The largest absolute Gasteiger partial charge is 0.538 e. The average molecular weight is 345 g/mol. The summed E-state index contributed by atoms with van der Waals surface area (Å²) in [5.74, 6) is 0.148. The van der Waals surface area contributed by atoms with E-state index in [2.05, 4.69) is 0 Å². The van der Waals surface area contributed by atoms with Crippen molar-refractivity contribution >= 4 is 25.8 Å². The zero-order chi connectivity index (χ0) is 16.0. The predicted octanol–water partition coefficient (Wildman–Crippen LogP) is 3.23. The van der Waals surface area contributed by atoms with Crippen LogP contribution in [0, 0.1) is 0 Å². The third-order valence-corrected chi connectivity index (χ3v) is 5.40. The highest BCUT2D eigenvalue weighted by atomic mass is 32.2. The molecule has 0 aromatic heterocycles. The number of amides is 1. The molecule has 8 heteroatoms. The van der Waals surface area contributed by atoms with Crippen molar-refractivity contribution in [2.45, 2.75) is 32.2 Å². The molecule has 1 heterocycles. The number of rotatable bonds is 6. The summed E-state index contributed by atoms with van der Waals surface area (Å²) in [5, 5.41) is 0. The van der Waals surface area contributed by atoms with Crippen LogP contribution in [-0.4, -0.2) is 34.0 Å². The summed E-state index contributed by atoms with van der Waals surface area (Å²) in [6.07, 6.45) is 3.12. The maximum atomic E-state index is 12.1. The number of hydrogen-bond acceptors (Lipinski definition) is 5. The van der Waals surface area contributed by atoms with Crippen LogP contribution in [0.25, 0.3) is 0 Å². The normalized spacial score (nSPS) is 21.2. The van der Waals surface area contributed by atoms with Gasteiger partial charge in [-0.2, -0.15) is 0 Å². The van der Waals surface area contributed by atoms with Gasteiger partial charge in [0.05, 0.1) is 5.75 Å². The van der Waals surface area contributed by atoms with Crippen molar-refractivity contribution in [3.63, 3.8) is 0 Å². The molecule has 0 spiro atoms. The molecular weight excluding hydrogens is 325 g/mol. The monoisotopic (exact) mass is 345 g/mol. The van der Waals surface area contributed by atoms with Crippen molar-refractivity contribution in [3.8, 4) is 5.75 Å². The van der Waals surface area contributed by atoms with Crippen LogP contribution in [0.5, 0.6) is 5.75 Å². The summed E-state index contributed by atoms with van der Waals surface area (Å²) in [6, 6.07) is 8.45. The Morgan fingerprint density at radius 1 is 1.41 bits per heavy atom. The highest BCUT2D eigenvalue weighted by Gasteiger charge is 2.27. The molecule has 1 aliphatic heterocycles. The number of carbonyl (C=O) groups is 1. The second-order valence-electron chi connectivity index (χ2n) is 5.14. The molecule has 1 fully saturated rings. The molecule has 122 valence electrons. The number of piperidine rings is 1. The quantitative estimate of drug-likeness (QED) is 0.630. The van der Waals surface area contributed by atoms with Crippen LogP contribution < -0.4 is 4.52 Å². The zero-order valence-corrected chi connectivity index (χ0v) is 14.1. The van der Waals surface area contributed by atoms with Gasteiger partial charge in [-0.1, -0.05) is 18.2 Å². The Kier molecular flexibility index (Phi) is 6.32. The number of likely N-dealkylation sites (tertiary alicyclic amines) is 1. The summed E-state index contributed by atoms with van der Waals surface area (Å²) in [4.78, 5) is 23.5. The lowest BCUT2D eigenvalue weighted by Crippen LogP contribution is -2.42. The van der Waals surface area contributed by atoms with E-state index in [0.717, 1.165) is 25.8 Å². The van der Waals surface area contributed by atoms with E-state index in [0.29, 0.717) is 12.0 Å². The molecule has 1 aromatic carbocycles. The topological polar surface area (TPSA) is 76.1 Å². The number of phosphoric acid groups is 1. The van der Waals surface area contributed by atoms with Crippen molar-refractivity contribution in [1.29, 1.82) is 0 Å². The third kappa shape index (κ3) is 5.32. The number of hydrogen-bond donors (Lipinski definition) is 1. The molecule has 1 amide bonds. The summed E-state index contributed by atoms with van der Waals surface area (Å²) >= 11 is 0.654. The average Bonchev–Trinajstić information content (AvgIpc) is 2.48. The van der Waals surface area contributed by atoms with Crippen molar-refractivity contribution < 1.29 is 22.7 Å². The fourth-order valence-electron chi connectivity index (χ4n) is 2.32. The lowest BCUT2D eigenvalue weighted by atomic mass is 10.0. The summed E-state index contributed by atoms with van der Waals surface area (Å²) in [5.41, 5.74) is 0.